The highest BCUT2D eigenvalue weighted by molar-refractivity contribution is 5.85. The smallest absolute Gasteiger partial charge is 0.224 e. The number of para-hydroxylation sites is 2. The summed E-state index contributed by atoms with van der Waals surface area (Å²) >= 11 is 0. The average molecular weight is 409 g/mol. The molecule has 2 aromatic carbocycles. The van der Waals surface area contributed by atoms with Crippen LogP contribution in [0.4, 0.5) is 5.69 Å². The van der Waals surface area contributed by atoms with Crippen LogP contribution in [0.1, 0.15) is 44.2 Å². The summed E-state index contributed by atoms with van der Waals surface area (Å²) in [5.41, 5.74) is 9.36. The summed E-state index contributed by atoms with van der Waals surface area (Å²) in [5.74, 6) is 0.849. The number of rotatable bonds is 5. The van der Waals surface area contributed by atoms with Crippen LogP contribution in [0.25, 0.3) is 11.0 Å². The maximum atomic E-state index is 12.4. The van der Waals surface area contributed by atoms with Gasteiger partial charge in [-0.25, -0.2) is 4.98 Å². The van der Waals surface area contributed by atoms with Crippen LogP contribution in [0.15, 0.2) is 48.5 Å². The molecule has 1 amide bonds. The van der Waals surface area contributed by atoms with Gasteiger partial charge in [-0.2, -0.15) is 0 Å². The molecule has 0 aliphatic heterocycles. The fourth-order valence-electron chi connectivity index (χ4n) is 3.09. The molecule has 0 saturated heterocycles. The summed E-state index contributed by atoms with van der Waals surface area (Å²) in [7, 11) is 0. The van der Waals surface area contributed by atoms with E-state index in [1.54, 1.807) is 0 Å². The number of amides is 1. The van der Waals surface area contributed by atoms with Gasteiger partial charge in [0.2, 0.25) is 5.91 Å². The van der Waals surface area contributed by atoms with Crippen LogP contribution < -0.4 is 11.1 Å². The molecule has 0 aliphatic carbocycles. The zero-order valence-corrected chi connectivity index (χ0v) is 17.3. The van der Waals surface area contributed by atoms with Crippen LogP contribution in [0, 0.1) is 0 Å². The summed E-state index contributed by atoms with van der Waals surface area (Å²) in [5, 5.41) is 3.06. The molecule has 0 saturated carbocycles. The molecule has 0 aliphatic rings. The molecule has 7 heteroatoms. The third kappa shape index (κ3) is 5.15. The van der Waals surface area contributed by atoms with Crippen molar-refractivity contribution < 1.29 is 4.79 Å². The molecule has 0 fully saturated rings. The standard InChI is InChI=1S/C20H24N4O.2ClH/c1-13(2)24-18-7-5-4-6-17(18)23-20(24)14(3)22-19(25)12-15-8-10-16(21)11-9-15;;/h4-11,13-14H,12,21H2,1-3H3,(H,22,25);2*1H. The van der Waals surface area contributed by atoms with Crippen LogP contribution in [0.5, 0.6) is 0 Å². The Morgan fingerprint density at radius 3 is 2.33 bits per heavy atom. The first-order valence-electron chi connectivity index (χ1n) is 8.56. The van der Waals surface area contributed by atoms with E-state index in [-0.39, 0.29) is 42.8 Å². The number of nitrogens with zero attached hydrogens (tertiary/aromatic N) is 2. The molecule has 1 heterocycles. The molecule has 146 valence electrons. The number of nitrogens with one attached hydrogen (secondary N) is 1. The van der Waals surface area contributed by atoms with Crippen LogP contribution in [0.3, 0.4) is 0 Å². The number of hydrogen-bond acceptors (Lipinski definition) is 3. The van der Waals surface area contributed by atoms with Gasteiger partial charge in [-0.1, -0.05) is 24.3 Å². The topological polar surface area (TPSA) is 72.9 Å². The molecule has 1 aromatic heterocycles. The number of halogens is 2. The van der Waals surface area contributed by atoms with E-state index in [4.69, 9.17) is 10.7 Å². The minimum Gasteiger partial charge on any atom is -0.399 e. The van der Waals surface area contributed by atoms with Gasteiger partial charge in [0.05, 0.1) is 23.5 Å². The second-order valence-corrected chi connectivity index (χ2v) is 6.63. The second kappa shape index (κ2) is 9.62. The third-order valence-corrected chi connectivity index (χ3v) is 4.25. The monoisotopic (exact) mass is 408 g/mol. The molecular weight excluding hydrogens is 383 g/mol. The van der Waals surface area contributed by atoms with Crippen molar-refractivity contribution in [3.63, 3.8) is 0 Å². The molecule has 5 nitrogen and oxygen atoms in total. The Morgan fingerprint density at radius 2 is 1.70 bits per heavy atom. The molecule has 3 N–H and O–H groups in total. The lowest BCUT2D eigenvalue weighted by atomic mass is 10.1. The minimum absolute atomic E-state index is 0. The predicted molar refractivity (Wildman–Crippen MR) is 116 cm³/mol. The van der Waals surface area contributed by atoms with Gasteiger partial charge in [-0.05, 0) is 50.6 Å². The maximum absolute atomic E-state index is 12.4. The van der Waals surface area contributed by atoms with Crippen molar-refractivity contribution in [2.45, 2.75) is 39.3 Å². The normalized spacial score (nSPS) is 11.6. The first-order valence-corrected chi connectivity index (χ1v) is 8.56. The third-order valence-electron chi connectivity index (χ3n) is 4.25. The number of nitrogens with two attached hydrogens (primary N) is 1. The van der Waals surface area contributed by atoms with Crippen molar-refractivity contribution in [3.05, 3.63) is 59.9 Å². The Labute approximate surface area is 172 Å². The van der Waals surface area contributed by atoms with Crippen LogP contribution >= 0.6 is 24.8 Å². The molecule has 0 spiro atoms. The highest BCUT2D eigenvalue weighted by Gasteiger charge is 2.19. The molecular formula is C20H26Cl2N4O. The molecule has 27 heavy (non-hydrogen) atoms. The maximum Gasteiger partial charge on any atom is 0.224 e. The van der Waals surface area contributed by atoms with E-state index in [2.05, 4.69) is 29.8 Å². The zero-order valence-electron chi connectivity index (χ0n) is 15.7. The quantitative estimate of drug-likeness (QED) is 0.611. The number of nitrogen functional groups attached to an aromatic ring is 1. The number of imidazole rings is 1. The lowest BCUT2D eigenvalue weighted by molar-refractivity contribution is -0.121. The molecule has 1 unspecified atom stereocenters. The van der Waals surface area contributed by atoms with E-state index in [9.17, 15) is 4.79 Å². The lowest BCUT2D eigenvalue weighted by Crippen LogP contribution is -2.30. The van der Waals surface area contributed by atoms with Gasteiger partial charge in [0.1, 0.15) is 5.82 Å². The number of hydrogen-bond donors (Lipinski definition) is 2. The number of carbonyl (C=O) groups is 1. The summed E-state index contributed by atoms with van der Waals surface area (Å²) in [6.07, 6.45) is 0.326. The number of aromatic nitrogens is 2. The van der Waals surface area contributed by atoms with Crippen LogP contribution in [-0.4, -0.2) is 15.5 Å². The van der Waals surface area contributed by atoms with Crippen molar-refractivity contribution in [2.24, 2.45) is 0 Å². The fraction of sp³-hybridized carbons (Fsp3) is 0.300. The molecule has 3 rings (SSSR count). The average Bonchev–Trinajstić information content (AvgIpc) is 2.96. The van der Waals surface area contributed by atoms with E-state index >= 15 is 0 Å². The van der Waals surface area contributed by atoms with Crippen molar-refractivity contribution in [2.75, 3.05) is 5.73 Å². The number of carbonyl (C=O) groups excluding carboxylic acids is 1. The number of benzene rings is 2. The Hall–Kier alpha value is -2.24. The highest BCUT2D eigenvalue weighted by Crippen LogP contribution is 2.24. The van der Waals surface area contributed by atoms with Gasteiger partial charge in [-0.3, -0.25) is 4.79 Å². The molecule has 0 bridgehead atoms. The molecule has 0 radical (unpaired) electrons. The van der Waals surface area contributed by atoms with E-state index in [0.29, 0.717) is 12.1 Å². The summed E-state index contributed by atoms with van der Waals surface area (Å²) < 4.78 is 2.18. The van der Waals surface area contributed by atoms with Gasteiger partial charge in [0, 0.05) is 11.7 Å². The largest absolute Gasteiger partial charge is 0.399 e. The van der Waals surface area contributed by atoms with Crippen LogP contribution in [0.2, 0.25) is 0 Å². The van der Waals surface area contributed by atoms with Crippen molar-refractivity contribution >= 4 is 47.4 Å². The van der Waals surface area contributed by atoms with E-state index in [1.165, 1.54) is 0 Å². The lowest BCUT2D eigenvalue weighted by Gasteiger charge is -2.19. The second-order valence-electron chi connectivity index (χ2n) is 6.63. The van der Waals surface area contributed by atoms with Gasteiger partial charge in [0.25, 0.3) is 0 Å². The minimum atomic E-state index is -0.170. The van der Waals surface area contributed by atoms with E-state index in [0.717, 1.165) is 22.4 Å². The van der Waals surface area contributed by atoms with Crippen molar-refractivity contribution in [1.29, 1.82) is 0 Å². The summed E-state index contributed by atoms with van der Waals surface area (Å²) in [4.78, 5) is 17.1. The molecule has 3 aromatic rings. The van der Waals surface area contributed by atoms with Gasteiger partial charge in [-0.15, -0.1) is 24.8 Å². The molecule has 1 atom stereocenters. The van der Waals surface area contributed by atoms with Gasteiger partial charge >= 0.3 is 0 Å². The number of fused-ring (bicyclic) bond motifs is 1. The number of anilines is 1. The highest BCUT2D eigenvalue weighted by atomic mass is 35.5. The predicted octanol–water partition coefficient (Wildman–Crippen LogP) is 4.46. The summed E-state index contributed by atoms with van der Waals surface area (Å²) in [6, 6.07) is 15.5. The Bertz CT molecular complexity index is 891. The van der Waals surface area contributed by atoms with Crippen LogP contribution in [-0.2, 0) is 11.2 Å². The van der Waals surface area contributed by atoms with E-state index in [1.807, 2.05) is 49.4 Å². The summed E-state index contributed by atoms with van der Waals surface area (Å²) in [6.45, 7) is 6.22. The fourth-order valence-corrected chi connectivity index (χ4v) is 3.09. The van der Waals surface area contributed by atoms with E-state index < -0.39 is 0 Å². The SMILES string of the molecule is CC(NC(=O)Cc1ccc(N)cc1)c1nc2ccccc2n1C(C)C.Cl.Cl. The van der Waals surface area contributed by atoms with Crippen molar-refractivity contribution in [3.8, 4) is 0 Å². The van der Waals surface area contributed by atoms with Gasteiger partial charge in [0.15, 0.2) is 0 Å². The Balaban J connectivity index is 0.00000182. The Kier molecular flexibility index (Phi) is 8.13. The first-order chi connectivity index (χ1) is 12.0. The zero-order chi connectivity index (χ0) is 18.0. The first kappa shape index (κ1) is 22.8. The van der Waals surface area contributed by atoms with Crippen molar-refractivity contribution in [1.82, 2.24) is 14.9 Å². The Morgan fingerprint density at radius 1 is 1.07 bits per heavy atom. The van der Waals surface area contributed by atoms with Gasteiger partial charge < -0.3 is 15.6 Å².